The second kappa shape index (κ2) is 6.32. The fraction of sp³-hybridized carbons (Fsp3) is 0.136. The largest absolute Gasteiger partial charge is 0.294 e. The average Bonchev–Trinajstić information content (AvgIpc) is 2.95. The molecule has 4 rings (SSSR count). The summed E-state index contributed by atoms with van der Waals surface area (Å²) in [4.78, 5) is 4.90. The van der Waals surface area contributed by atoms with E-state index in [4.69, 9.17) is 4.98 Å². The average molecular weight is 314 g/mol. The van der Waals surface area contributed by atoms with Crippen molar-refractivity contribution in [2.45, 2.75) is 20.8 Å². The van der Waals surface area contributed by atoms with Crippen LogP contribution < -0.4 is 10.7 Å². The summed E-state index contributed by atoms with van der Waals surface area (Å²) in [6.45, 7) is 14.2. The Morgan fingerprint density at radius 1 is 1.00 bits per heavy atom. The third-order valence-electron chi connectivity index (χ3n) is 4.25. The smallest absolute Gasteiger partial charge is 0.146 e. The number of rotatable bonds is 1. The molecule has 0 fully saturated rings. The number of nitrogens with zero attached hydrogens (tertiary/aromatic N) is 2. The van der Waals surface area contributed by atoms with Gasteiger partial charge in [-0.1, -0.05) is 75.6 Å². The van der Waals surface area contributed by atoms with E-state index in [-0.39, 0.29) is 0 Å². The van der Waals surface area contributed by atoms with E-state index in [0.717, 1.165) is 43.6 Å². The minimum Gasteiger partial charge on any atom is -0.294 e. The highest BCUT2D eigenvalue weighted by Gasteiger charge is 2.11. The van der Waals surface area contributed by atoms with E-state index < -0.39 is 0 Å². The molecule has 0 amide bonds. The van der Waals surface area contributed by atoms with Crippen LogP contribution in [0.1, 0.15) is 26.3 Å². The Balaban J connectivity index is 0.000000815. The van der Waals surface area contributed by atoms with Gasteiger partial charge in [-0.2, -0.15) is 0 Å². The van der Waals surface area contributed by atoms with Crippen molar-refractivity contribution in [1.29, 1.82) is 0 Å². The van der Waals surface area contributed by atoms with Crippen molar-refractivity contribution in [3.05, 3.63) is 65.3 Å². The van der Waals surface area contributed by atoms with Gasteiger partial charge in [-0.3, -0.25) is 4.40 Å². The van der Waals surface area contributed by atoms with Gasteiger partial charge in [0.15, 0.2) is 0 Å². The molecule has 0 atom stereocenters. The molecule has 0 radical (unpaired) electrons. The van der Waals surface area contributed by atoms with Crippen molar-refractivity contribution in [1.82, 2.24) is 9.38 Å². The predicted molar refractivity (Wildman–Crippen MR) is 107 cm³/mol. The molecule has 0 aliphatic rings. The van der Waals surface area contributed by atoms with Gasteiger partial charge in [0.1, 0.15) is 5.65 Å². The lowest BCUT2D eigenvalue weighted by molar-refractivity contribution is 1.15. The van der Waals surface area contributed by atoms with Crippen LogP contribution in [0.4, 0.5) is 0 Å². The molecule has 0 bridgehead atoms. The maximum atomic E-state index is 4.90. The first-order valence-electron chi connectivity index (χ1n) is 8.36. The Hall–Kier alpha value is -2.87. The van der Waals surface area contributed by atoms with Gasteiger partial charge in [0.05, 0.1) is 10.9 Å². The van der Waals surface area contributed by atoms with Crippen molar-refractivity contribution >= 4 is 46.1 Å². The summed E-state index contributed by atoms with van der Waals surface area (Å²) >= 11 is 0. The lowest BCUT2D eigenvalue weighted by atomic mass is 10.1. The zero-order valence-electron chi connectivity index (χ0n) is 14.5. The van der Waals surface area contributed by atoms with Crippen LogP contribution in [0.3, 0.4) is 0 Å². The van der Waals surface area contributed by atoms with Gasteiger partial charge < -0.3 is 0 Å². The van der Waals surface area contributed by atoms with Crippen LogP contribution in [-0.2, 0) is 0 Å². The molecule has 0 saturated carbocycles. The van der Waals surface area contributed by atoms with E-state index >= 15 is 0 Å². The second-order valence-electron chi connectivity index (χ2n) is 5.38. The van der Waals surface area contributed by atoms with Gasteiger partial charge in [0, 0.05) is 21.5 Å². The van der Waals surface area contributed by atoms with Crippen LogP contribution in [0.25, 0.3) is 46.1 Å². The standard InChI is InChI=1S/C20H16N2.C2H6/c1-4-14-9-8-12-18-19(14)17(5-2)21-20-16-11-7-6-10-15(16)13(3)22(18)20;1-2/h4-12H,1,3H2,2H3;1-2H3/b17-5+;. The molecule has 0 N–H and O–H groups in total. The molecular formula is C22H22N2. The van der Waals surface area contributed by atoms with E-state index in [2.05, 4.69) is 54.0 Å². The Morgan fingerprint density at radius 2 is 1.71 bits per heavy atom. The van der Waals surface area contributed by atoms with Crippen molar-refractivity contribution < 1.29 is 0 Å². The molecule has 0 saturated heterocycles. The van der Waals surface area contributed by atoms with Gasteiger partial charge in [-0.15, -0.1) is 0 Å². The third-order valence-corrected chi connectivity index (χ3v) is 4.25. The fourth-order valence-electron chi connectivity index (χ4n) is 3.24. The molecule has 2 nitrogen and oxygen atoms in total. The minimum absolute atomic E-state index is 0.961. The molecule has 0 aliphatic heterocycles. The Labute approximate surface area is 142 Å². The van der Waals surface area contributed by atoms with Gasteiger partial charge in [0.2, 0.25) is 0 Å². The van der Waals surface area contributed by atoms with Crippen molar-refractivity contribution in [3.8, 4) is 0 Å². The maximum absolute atomic E-state index is 4.90. The van der Waals surface area contributed by atoms with Crippen molar-refractivity contribution in [2.24, 2.45) is 0 Å². The topological polar surface area (TPSA) is 17.3 Å². The summed E-state index contributed by atoms with van der Waals surface area (Å²) in [7, 11) is 0. The first-order chi connectivity index (χ1) is 11.8. The highest BCUT2D eigenvalue weighted by Crippen LogP contribution is 2.21. The van der Waals surface area contributed by atoms with Crippen molar-refractivity contribution in [2.75, 3.05) is 0 Å². The lowest BCUT2D eigenvalue weighted by Crippen LogP contribution is -2.16. The quantitative estimate of drug-likeness (QED) is 0.505. The van der Waals surface area contributed by atoms with Gasteiger partial charge >= 0.3 is 0 Å². The molecule has 2 heteroatoms. The van der Waals surface area contributed by atoms with Gasteiger partial charge in [-0.25, -0.2) is 4.98 Å². The van der Waals surface area contributed by atoms with Crippen LogP contribution in [0.15, 0.2) is 49.0 Å². The molecule has 24 heavy (non-hydrogen) atoms. The Kier molecular flexibility index (Phi) is 4.22. The van der Waals surface area contributed by atoms with Crippen LogP contribution in [0.5, 0.6) is 0 Å². The minimum atomic E-state index is 0.961. The summed E-state index contributed by atoms with van der Waals surface area (Å²) in [5, 5.41) is 5.38. The highest BCUT2D eigenvalue weighted by atomic mass is 15.0. The molecule has 0 aliphatic carbocycles. The van der Waals surface area contributed by atoms with Crippen LogP contribution >= 0.6 is 0 Å². The molecule has 2 aromatic heterocycles. The van der Waals surface area contributed by atoms with Crippen LogP contribution in [0.2, 0.25) is 0 Å². The molecule has 2 aromatic carbocycles. The predicted octanol–water partition coefficient (Wildman–Crippen LogP) is 4.52. The first kappa shape index (κ1) is 16.0. The molecular weight excluding hydrogens is 292 g/mol. The first-order valence-corrected chi connectivity index (χ1v) is 8.36. The van der Waals surface area contributed by atoms with Gasteiger partial charge in [0.25, 0.3) is 0 Å². The van der Waals surface area contributed by atoms with E-state index in [1.807, 2.05) is 39.0 Å². The summed E-state index contributed by atoms with van der Waals surface area (Å²) in [6.07, 6.45) is 3.94. The lowest BCUT2D eigenvalue weighted by Gasteiger charge is -2.07. The van der Waals surface area contributed by atoms with Crippen molar-refractivity contribution in [3.63, 3.8) is 0 Å². The summed E-state index contributed by atoms with van der Waals surface area (Å²) in [5.74, 6) is 0. The zero-order chi connectivity index (χ0) is 17.3. The number of hydrogen-bond acceptors (Lipinski definition) is 1. The SMILES string of the molecule is C=Cc1cccc2c1/c(=C\C)nc1c3ccccc3c(=C)n21.CC. The van der Waals surface area contributed by atoms with Crippen LogP contribution in [-0.4, -0.2) is 9.38 Å². The third kappa shape index (κ3) is 2.15. The van der Waals surface area contributed by atoms with Gasteiger partial charge in [-0.05, 0) is 18.6 Å². The molecule has 4 aromatic rings. The summed E-state index contributed by atoms with van der Waals surface area (Å²) in [5.41, 5.74) is 3.18. The Bertz CT molecular complexity index is 1160. The monoisotopic (exact) mass is 314 g/mol. The van der Waals surface area contributed by atoms with E-state index in [1.165, 1.54) is 0 Å². The molecule has 0 unspecified atom stereocenters. The van der Waals surface area contributed by atoms with E-state index in [0.29, 0.717) is 0 Å². The molecule has 2 heterocycles. The summed E-state index contributed by atoms with van der Waals surface area (Å²) in [6, 6.07) is 14.5. The molecule has 120 valence electrons. The van der Waals surface area contributed by atoms with Crippen LogP contribution in [0, 0.1) is 0 Å². The number of hydrogen-bond donors (Lipinski definition) is 0. The second-order valence-corrected chi connectivity index (χ2v) is 5.38. The normalized spacial score (nSPS) is 11.7. The maximum Gasteiger partial charge on any atom is 0.146 e. The summed E-state index contributed by atoms with van der Waals surface area (Å²) < 4.78 is 2.15. The van der Waals surface area contributed by atoms with E-state index in [1.54, 1.807) is 0 Å². The Morgan fingerprint density at radius 3 is 2.38 bits per heavy atom. The number of fused-ring (bicyclic) bond motifs is 5. The highest BCUT2D eigenvalue weighted by molar-refractivity contribution is 6.00. The fourth-order valence-corrected chi connectivity index (χ4v) is 3.24. The van der Waals surface area contributed by atoms with E-state index in [9.17, 15) is 0 Å². The number of aromatic nitrogens is 2. The molecule has 0 spiro atoms. The zero-order valence-corrected chi connectivity index (χ0v) is 14.5. The number of benzene rings is 2.